The summed E-state index contributed by atoms with van der Waals surface area (Å²) in [4.78, 5) is 32.1. The molecular weight excluding hydrogens is 375 g/mol. The summed E-state index contributed by atoms with van der Waals surface area (Å²) < 4.78 is 35.4. The van der Waals surface area contributed by atoms with Crippen LogP contribution in [0.4, 0.5) is 10.1 Å². The Morgan fingerprint density at radius 3 is 2.30 bits per heavy atom. The largest absolute Gasteiger partial charge is 0.335 e. The molecule has 10 heteroatoms. The van der Waals surface area contributed by atoms with E-state index in [0.717, 1.165) is 6.07 Å². The lowest BCUT2D eigenvalue weighted by Gasteiger charge is -2.34. The molecule has 1 unspecified atom stereocenters. The second kappa shape index (κ2) is 8.23. The Bertz CT molecular complexity index is 872. The number of carbonyl (C=O) groups is 2. The van der Waals surface area contributed by atoms with Gasteiger partial charge in [0, 0.05) is 37.9 Å². The predicted molar refractivity (Wildman–Crippen MR) is 96.8 cm³/mol. The Morgan fingerprint density at radius 2 is 1.74 bits per heavy atom. The summed E-state index contributed by atoms with van der Waals surface area (Å²) in [5.74, 6) is -1.36. The second-order valence-corrected chi connectivity index (χ2v) is 6.55. The van der Waals surface area contributed by atoms with E-state index in [1.807, 2.05) is 4.72 Å². The smallest absolute Gasteiger partial charge is 0.272 e. The summed E-state index contributed by atoms with van der Waals surface area (Å²) >= 11 is -2.40. The molecule has 0 saturated carbocycles. The average molecular weight is 392 g/mol. The van der Waals surface area contributed by atoms with E-state index in [1.165, 1.54) is 17.0 Å². The number of anilines is 1. The third kappa shape index (κ3) is 4.47. The first kappa shape index (κ1) is 18.9. The molecule has 0 bridgehead atoms. The maximum absolute atomic E-state index is 14.0. The molecule has 1 fully saturated rings. The van der Waals surface area contributed by atoms with Gasteiger partial charge in [0.25, 0.3) is 23.1 Å². The minimum Gasteiger partial charge on any atom is -0.335 e. The second-order valence-electron chi connectivity index (χ2n) is 5.85. The van der Waals surface area contributed by atoms with Crippen LogP contribution in [0.25, 0.3) is 0 Å². The number of rotatable bonds is 4. The standard InChI is InChI=1S/C17H17FN4O4S/c18-13-11-12(4-5-14(13)20-27(25)26)16(23)21-7-9-22(10-8-21)17(24)15-3-1-2-6-19-15/h1-6,11,20H,7-10H2,(H,25,26). The highest BCUT2D eigenvalue weighted by Gasteiger charge is 2.26. The highest BCUT2D eigenvalue weighted by molar-refractivity contribution is 7.80. The van der Waals surface area contributed by atoms with Crippen molar-refractivity contribution in [1.82, 2.24) is 14.8 Å². The van der Waals surface area contributed by atoms with Crippen molar-refractivity contribution >= 4 is 28.8 Å². The van der Waals surface area contributed by atoms with Crippen LogP contribution in [-0.4, -0.2) is 61.5 Å². The van der Waals surface area contributed by atoms with Crippen LogP contribution in [0.1, 0.15) is 20.8 Å². The van der Waals surface area contributed by atoms with Crippen molar-refractivity contribution in [2.45, 2.75) is 0 Å². The lowest BCUT2D eigenvalue weighted by atomic mass is 10.1. The molecule has 1 saturated heterocycles. The molecule has 2 heterocycles. The maximum atomic E-state index is 14.0. The fourth-order valence-corrected chi connectivity index (χ4v) is 3.13. The number of benzene rings is 1. The first-order chi connectivity index (χ1) is 13.0. The third-order valence-corrected chi connectivity index (χ3v) is 4.55. The van der Waals surface area contributed by atoms with Crippen molar-refractivity contribution in [2.24, 2.45) is 0 Å². The molecule has 0 aliphatic carbocycles. The van der Waals surface area contributed by atoms with E-state index in [0.29, 0.717) is 31.9 Å². The zero-order valence-electron chi connectivity index (χ0n) is 14.2. The number of halogens is 1. The number of hydrogen-bond donors (Lipinski definition) is 2. The third-order valence-electron chi connectivity index (χ3n) is 4.15. The van der Waals surface area contributed by atoms with Crippen LogP contribution < -0.4 is 4.72 Å². The summed E-state index contributed by atoms with van der Waals surface area (Å²) in [5, 5.41) is 0. The van der Waals surface area contributed by atoms with E-state index >= 15 is 0 Å². The van der Waals surface area contributed by atoms with E-state index in [4.69, 9.17) is 4.55 Å². The first-order valence-electron chi connectivity index (χ1n) is 8.12. The number of carbonyl (C=O) groups excluding carboxylic acids is 2. The summed E-state index contributed by atoms with van der Waals surface area (Å²) in [6, 6.07) is 8.73. The Balaban J connectivity index is 1.62. The van der Waals surface area contributed by atoms with E-state index in [2.05, 4.69) is 4.98 Å². The van der Waals surface area contributed by atoms with Gasteiger partial charge in [-0.1, -0.05) is 6.07 Å². The summed E-state index contributed by atoms with van der Waals surface area (Å²) in [7, 11) is 0. The van der Waals surface area contributed by atoms with Gasteiger partial charge in [-0.25, -0.2) is 8.60 Å². The van der Waals surface area contributed by atoms with Crippen LogP contribution in [0, 0.1) is 5.82 Å². The van der Waals surface area contributed by atoms with Crippen LogP contribution in [0.3, 0.4) is 0 Å². The van der Waals surface area contributed by atoms with Gasteiger partial charge in [0.15, 0.2) is 0 Å². The van der Waals surface area contributed by atoms with Crippen LogP contribution in [0.2, 0.25) is 0 Å². The minimum absolute atomic E-state index is 0.131. The first-order valence-corrected chi connectivity index (χ1v) is 9.23. The molecule has 2 aromatic rings. The zero-order chi connectivity index (χ0) is 19.4. The van der Waals surface area contributed by atoms with Crippen LogP contribution in [-0.2, 0) is 11.3 Å². The van der Waals surface area contributed by atoms with Crippen molar-refractivity contribution in [1.29, 1.82) is 0 Å². The van der Waals surface area contributed by atoms with E-state index in [1.54, 1.807) is 29.3 Å². The molecule has 0 spiro atoms. The van der Waals surface area contributed by atoms with Gasteiger partial charge >= 0.3 is 0 Å². The van der Waals surface area contributed by atoms with Gasteiger partial charge in [0.2, 0.25) is 0 Å². The molecule has 1 aromatic heterocycles. The summed E-state index contributed by atoms with van der Waals surface area (Å²) in [5.41, 5.74) is 0.313. The van der Waals surface area contributed by atoms with E-state index in [-0.39, 0.29) is 23.1 Å². The monoisotopic (exact) mass is 392 g/mol. The fraction of sp³-hybridized carbons (Fsp3) is 0.235. The van der Waals surface area contributed by atoms with Gasteiger partial charge in [-0.3, -0.25) is 23.8 Å². The Hall–Kier alpha value is -2.85. The van der Waals surface area contributed by atoms with Gasteiger partial charge in [0.1, 0.15) is 11.5 Å². The number of amides is 2. The number of piperazine rings is 1. The Kier molecular flexibility index (Phi) is 5.77. The number of pyridine rings is 1. The molecule has 27 heavy (non-hydrogen) atoms. The average Bonchev–Trinajstić information content (AvgIpc) is 2.69. The Morgan fingerprint density at radius 1 is 1.07 bits per heavy atom. The molecule has 2 N–H and O–H groups in total. The van der Waals surface area contributed by atoms with Gasteiger partial charge in [-0.05, 0) is 30.3 Å². The topological polar surface area (TPSA) is 103 Å². The zero-order valence-corrected chi connectivity index (χ0v) is 15.0. The van der Waals surface area contributed by atoms with Crippen molar-refractivity contribution in [3.63, 3.8) is 0 Å². The fourth-order valence-electron chi connectivity index (χ4n) is 2.77. The molecule has 2 amide bonds. The highest BCUT2D eigenvalue weighted by Crippen LogP contribution is 2.18. The minimum atomic E-state index is -2.40. The van der Waals surface area contributed by atoms with Crippen LogP contribution in [0.15, 0.2) is 42.6 Å². The number of aromatic nitrogens is 1. The molecule has 1 aliphatic heterocycles. The van der Waals surface area contributed by atoms with Gasteiger partial charge in [0.05, 0.1) is 5.69 Å². The lowest BCUT2D eigenvalue weighted by Crippen LogP contribution is -2.50. The van der Waals surface area contributed by atoms with Crippen LogP contribution >= 0.6 is 0 Å². The van der Waals surface area contributed by atoms with Gasteiger partial charge in [-0.2, -0.15) is 0 Å². The molecule has 1 atom stereocenters. The molecule has 142 valence electrons. The van der Waals surface area contributed by atoms with Crippen molar-refractivity contribution < 1.29 is 22.7 Å². The van der Waals surface area contributed by atoms with Gasteiger partial charge < -0.3 is 9.80 Å². The van der Waals surface area contributed by atoms with Crippen molar-refractivity contribution in [3.8, 4) is 0 Å². The number of nitrogens with one attached hydrogen (secondary N) is 1. The summed E-state index contributed by atoms with van der Waals surface area (Å²) in [6.45, 7) is 1.35. The quantitative estimate of drug-likeness (QED) is 0.765. The number of hydrogen-bond acceptors (Lipinski definition) is 4. The normalized spacial score (nSPS) is 15.3. The molecule has 1 aromatic carbocycles. The number of nitrogens with zero attached hydrogens (tertiary/aromatic N) is 3. The van der Waals surface area contributed by atoms with Crippen molar-refractivity contribution in [2.75, 3.05) is 30.9 Å². The maximum Gasteiger partial charge on any atom is 0.272 e. The molecular formula is C17H17FN4O4S. The Labute approximate surface area is 157 Å². The molecule has 1 aliphatic rings. The predicted octanol–water partition coefficient (Wildman–Crippen LogP) is 1.37. The summed E-state index contributed by atoms with van der Waals surface area (Å²) in [6.07, 6.45) is 1.55. The highest BCUT2D eigenvalue weighted by atomic mass is 32.2. The lowest BCUT2D eigenvalue weighted by molar-refractivity contribution is 0.0532. The molecule has 8 nitrogen and oxygen atoms in total. The SMILES string of the molecule is O=C(c1ccc(NS(=O)O)c(F)c1)N1CCN(C(=O)c2ccccn2)CC1. The van der Waals surface area contributed by atoms with Gasteiger partial charge in [-0.15, -0.1) is 0 Å². The van der Waals surface area contributed by atoms with E-state index in [9.17, 15) is 18.2 Å². The molecule has 3 rings (SSSR count). The van der Waals surface area contributed by atoms with E-state index < -0.39 is 17.1 Å². The molecule has 0 radical (unpaired) electrons. The van der Waals surface area contributed by atoms with Crippen LogP contribution in [0.5, 0.6) is 0 Å². The van der Waals surface area contributed by atoms with Crippen molar-refractivity contribution in [3.05, 3.63) is 59.7 Å².